The smallest absolute Gasteiger partial charge is 0.305 e. The van der Waals surface area contributed by atoms with Crippen LogP contribution in [0.2, 0.25) is 0 Å². The van der Waals surface area contributed by atoms with Crippen LogP contribution >= 0.6 is 0 Å². The molecule has 0 aromatic carbocycles. The van der Waals surface area contributed by atoms with Gasteiger partial charge in [0.25, 0.3) is 0 Å². The van der Waals surface area contributed by atoms with Crippen LogP contribution in [0.5, 0.6) is 0 Å². The van der Waals surface area contributed by atoms with Crippen molar-refractivity contribution >= 4 is 23.0 Å². The van der Waals surface area contributed by atoms with Gasteiger partial charge in [-0.3, -0.25) is 4.79 Å². The van der Waals surface area contributed by atoms with E-state index in [2.05, 4.69) is 24.8 Å². The summed E-state index contributed by atoms with van der Waals surface area (Å²) in [5.74, 6) is -0.0136. The molecule has 100 valence electrons. The number of piperidine rings is 1. The first-order valence-corrected chi connectivity index (χ1v) is 6.38. The highest BCUT2D eigenvalue weighted by Gasteiger charge is 2.27. The van der Waals surface area contributed by atoms with E-state index in [9.17, 15) is 4.79 Å². The van der Waals surface area contributed by atoms with Crippen LogP contribution < -0.4 is 4.90 Å². The molecule has 0 bridgehead atoms. The SMILES string of the molecule is O=C(O)CC1CCCCN1c1ncnc2nc[nH]c12. The van der Waals surface area contributed by atoms with Crippen LogP contribution in [-0.4, -0.2) is 43.6 Å². The number of carboxylic acid groups (broad SMARTS) is 1. The zero-order valence-corrected chi connectivity index (χ0v) is 10.4. The van der Waals surface area contributed by atoms with Crippen molar-refractivity contribution in [1.82, 2.24) is 19.9 Å². The molecule has 1 unspecified atom stereocenters. The standard InChI is InChI=1S/C12H15N5O2/c18-9(19)5-8-3-1-2-4-17(8)12-10-11(14-6-13-10)15-7-16-12/h6-8H,1-5H2,(H,18,19)(H,13,14,15,16). The third kappa shape index (κ3) is 2.23. The van der Waals surface area contributed by atoms with Crippen LogP contribution in [0.1, 0.15) is 25.7 Å². The molecule has 2 N–H and O–H groups in total. The molecule has 1 saturated heterocycles. The molecule has 3 heterocycles. The molecular formula is C12H15N5O2. The highest BCUT2D eigenvalue weighted by Crippen LogP contribution is 2.28. The lowest BCUT2D eigenvalue weighted by Gasteiger charge is -2.35. The number of aromatic nitrogens is 4. The Bertz CT molecular complexity index is 597. The molecular weight excluding hydrogens is 246 g/mol. The van der Waals surface area contributed by atoms with Crippen molar-refractivity contribution in [1.29, 1.82) is 0 Å². The van der Waals surface area contributed by atoms with E-state index in [1.54, 1.807) is 6.33 Å². The van der Waals surface area contributed by atoms with E-state index >= 15 is 0 Å². The molecule has 1 aliphatic heterocycles. The predicted octanol–water partition coefficient (Wildman–Crippen LogP) is 1.19. The third-order valence-corrected chi connectivity index (χ3v) is 3.51. The van der Waals surface area contributed by atoms with Crippen molar-refractivity contribution in [3.63, 3.8) is 0 Å². The zero-order chi connectivity index (χ0) is 13.2. The van der Waals surface area contributed by atoms with Gasteiger partial charge in [0.2, 0.25) is 0 Å². The number of aliphatic carboxylic acids is 1. The molecule has 2 aromatic heterocycles. The normalized spacial score (nSPS) is 19.8. The van der Waals surface area contributed by atoms with Crippen LogP contribution in [0.25, 0.3) is 11.2 Å². The minimum Gasteiger partial charge on any atom is -0.481 e. The topological polar surface area (TPSA) is 95.0 Å². The second kappa shape index (κ2) is 4.83. The molecule has 7 nitrogen and oxygen atoms in total. The molecule has 0 aliphatic carbocycles. The summed E-state index contributed by atoms with van der Waals surface area (Å²) in [6.45, 7) is 0.822. The number of rotatable bonds is 3. The number of anilines is 1. The van der Waals surface area contributed by atoms with E-state index in [0.29, 0.717) is 5.65 Å². The lowest BCUT2D eigenvalue weighted by atomic mass is 9.99. The Morgan fingerprint density at radius 2 is 2.32 bits per heavy atom. The molecule has 2 aromatic rings. The Balaban J connectivity index is 1.97. The van der Waals surface area contributed by atoms with E-state index in [4.69, 9.17) is 5.11 Å². The minimum absolute atomic E-state index is 0.00681. The van der Waals surface area contributed by atoms with E-state index in [-0.39, 0.29) is 12.5 Å². The number of nitrogens with zero attached hydrogens (tertiary/aromatic N) is 4. The molecule has 1 aliphatic rings. The third-order valence-electron chi connectivity index (χ3n) is 3.51. The van der Waals surface area contributed by atoms with Gasteiger partial charge in [-0.2, -0.15) is 0 Å². The maximum absolute atomic E-state index is 11.0. The van der Waals surface area contributed by atoms with Gasteiger partial charge in [0, 0.05) is 12.6 Å². The first-order valence-electron chi connectivity index (χ1n) is 6.38. The molecule has 19 heavy (non-hydrogen) atoms. The molecule has 0 saturated carbocycles. The summed E-state index contributed by atoms with van der Waals surface area (Å²) in [6, 6.07) is -0.00681. The lowest BCUT2D eigenvalue weighted by molar-refractivity contribution is -0.137. The summed E-state index contributed by atoms with van der Waals surface area (Å²) in [5, 5.41) is 9.02. The lowest BCUT2D eigenvalue weighted by Crippen LogP contribution is -2.41. The molecule has 0 spiro atoms. The predicted molar refractivity (Wildman–Crippen MR) is 68.9 cm³/mol. The van der Waals surface area contributed by atoms with Gasteiger partial charge in [-0.05, 0) is 19.3 Å². The fraction of sp³-hybridized carbons (Fsp3) is 0.500. The summed E-state index contributed by atoms with van der Waals surface area (Å²) in [5.41, 5.74) is 1.39. The fourth-order valence-electron chi connectivity index (χ4n) is 2.66. The monoisotopic (exact) mass is 261 g/mol. The van der Waals surface area contributed by atoms with Gasteiger partial charge < -0.3 is 15.0 Å². The zero-order valence-electron chi connectivity index (χ0n) is 10.4. The molecule has 1 atom stereocenters. The van der Waals surface area contributed by atoms with Gasteiger partial charge in [0.15, 0.2) is 11.5 Å². The summed E-state index contributed by atoms with van der Waals surface area (Å²) in [6.07, 6.45) is 6.19. The number of carboxylic acids is 1. The summed E-state index contributed by atoms with van der Waals surface area (Å²) in [7, 11) is 0. The van der Waals surface area contributed by atoms with Gasteiger partial charge >= 0.3 is 5.97 Å². The Morgan fingerprint density at radius 3 is 3.16 bits per heavy atom. The van der Waals surface area contributed by atoms with Crippen molar-refractivity contribution in [3.8, 4) is 0 Å². The van der Waals surface area contributed by atoms with Crippen LogP contribution in [0.4, 0.5) is 5.82 Å². The van der Waals surface area contributed by atoms with Crippen molar-refractivity contribution in [2.24, 2.45) is 0 Å². The Morgan fingerprint density at radius 1 is 1.42 bits per heavy atom. The average molecular weight is 261 g/mol. The minimum atomic E-state index is -0.771. The molecule has 1 fully saturated rings. The average Bonchev–Trinajstić information content (AvgIpc) is 2.87. The van der Waals surface area contributed by atoms with Gasteiger partial charge in [0.1, 0.15) is 11.8 Å². The fourth-order valence-corrected chi connectivity index (χ4v) is 2.66. The van der Waals surface area contributed by atoms with E-state index < -0.39 is 5.97 Å². The number of H-pyrrole nitrogens is 1. The van der Waals surface area contributed by atoms with Crippen LogP contribution in [0, 0.1) is 0 Å². The quantitative estimate of drug-likeness (QED) is 0.861. The number of hydrogen-bond donors (Lipinski definition) is 2. The van der Waals surface area contributed by atoms with E-state index in [0.717, 1.165) is 37.1 Å². The first kappa shape index (κ1) is 11.9. The number of nitrogens with one attached hydrogen (secondary N) is 1. The number of imidazole rings is 1. The van der Waals surface area contributed by atoms with Crippen molar-refractivity contribution in [2.45, 2.75) is 31.7 Å². The summed E-state index contributed by atoms with van der Waals surface area (Å²) >= 11 is 0. The summed E-state index contributed by atoms with van der Waals surface area (Å²) in [4.78, 5) is 28.6. The van der Waals surface area contributed by atoms with E-state index in [1.807, 2.05) is 0 Å². The van der Waals surface area contributed by atoms with Crippen molar-refractivity contribution in [3.05, 3.63) is 12.7 Å². The molecule has 7 heteroatoms. The summed E-state index contributed by atoms with van der Waals surface area (Å²) < 4.78 is 0. The highest BCUT2D eigenvalue weighted by molar-refractivity contribution is 5.83. The maximum atomic E-state index is 11.0. The molecule has 3 rings (SSSR count). The number of carbonyl (C=O) groups is 1. The van der Waals surface area contributed by atoms with Crippen molar-refractivity contribution < 1.29 is 9.90 Å². The van der Waals surface area contributed by atoms with Gasteiger partial charge in [-0.15, -0.1) is 0 Å². The van der Waals surface area contributed by atoms with Gasteiger partial charge in [-0.1, -0.05) is 0 Å². The maximum Gasteiger partial charge on any atom is 0.305 e. The Hall–Kier alpha value is -2.18. The largest absolute Gasteiger partial charge is 0.481 e. The highest BCUT2D eigenvalue weighted by atomic mass is 16.4. The van der Waals surface area contributed by atoms with Gasteiger partial charge in [-0.25, -0.2) is 15.0 Å². The molecule has 0 amide bonds. The first-order chi connectivity index (χ1) is 9.25. The Kier molecular flexibility index (Phi) is 3.02. The molecule has 0 radical (unpaired) electrons. The van der Waals surface area contributed by atoms with Gasteiger partial charge in [0.05, 0.1) is 12.7 Å². The Labute approximate surface area is 109 Å². The van der Waals surface area contributed by atoms with Crippen LogP contribution in [0.15, 0.2) is 12.7 Å². The van der Waals surface area contributed by atoms with Crippen molar-refractivity contribution in [2.75, 3.05) is 11.4 Å². The number of aromatic amines is 1. The second-order valence-corrected chi connectivity index (χ2v) is 4.74. The van der Waals surface area contributed by atoms with E-state index in [1.165, 1.54) is 6.33 Å². The van der Waals surface area contributed by atoms with Crippen LogP contribution in [0.3, 0.4) is 0 Å². The second-order valence-electron chi connectivity index (χ2n) is 4.74. The number of fused-ring (bicyclic) bond motifs is 1. The van der Waals surface area contributed by atoms with Crippen LogP contribution in [-0.2, 0) is 4.79 Å². The number of hydrogen-bond acceptors (Lipinski definition) is 5.